The van der Waals surface area contributed by atoms with Crippen molar-refractivity contribution in [2.24, 2.45) is 5.73 Å². The van der Waals surface area contributed by atoms with Gasteiger partial charge in [-0.15, -0.1) is 12.4 Å². The molecule has 1 rings (SSSR count). The van der Waals surface area contributed by atoms with Crippen molar-refractivity contribution < 1.29 is 14.0 Å². The van der Waals surface area contributed by atoms with E-state index in [0.29, 0.717) is 17.8 Å². The third kappa shape index (κ3) is 5.07. The van der Waals surface area contributed by atoms with Crippen molar-refractivity contribution in [3.8, 4) is 0 Å². The second kappa shape index (κ2) is 8.12. The maximum absolute atomic E-state index is 11.8. The lowest BCUT2D eigenvalue weighted by Gasteiger charge is -2.15. The number of amides is 2. The zero-order valence-corrected chi connectivity index (χ0v) is 12.2. The summed E-state index contributed by atoms with van der Waals surface area (Å²) in [6.07, 6.45) is 0. The van der Waals surface area contributed by atoms with Gasteiger partial charge in [0, 0.05) is 20.1 Å². The molecule has 0 aromatic carbocycles. The van der Waals surface area contributed by atoms with E-state index in [9.17, 15) is 9.59 Å². The summed E-state index contributed by atoms with van der Waals surface area (Å²) in [5.41, 5.74) is 5.25. The van der Waals surface area contributed by atoms with Gasteiger partial charge in [-0.2, -0.15) is 0 Å². The van der Waals surface area contributed by atoms with Gasteiger partial charge >= 0.3 is 0 Å². The van der Waals surface area contributed by atoms with E-state index in [0.717, 1.165) is 0 Å². The van der Waals surface area contributed by atoms with E-state index in [1.165, 1.54) is 11.9 Å². The first kappa shape index (κ1) is 16.9. The number of likely N-dealkylation sites (N-methyl/N-ethyl adjacent to an activating group) is 1. The van der Waals surface area contributed by atoms with Crippen molar-refractivity contribution in [3.05, 3.63) is 22.6 Å². The fourth-order valence-electron chi connectivity index (χ4n) is 1.17. The average Bonchev–Trinajstić information content (AvgIpc) is 2.72. The van der Waals surface area contributed by atoms with Crippen LogP contribution in [-0.2, 0) is 4.79 Å². The van der Waals surface area contributed by atoms with Crippen molar-refractivity contribution in [3.63, 3.8) is 0 Å². The Balaban J connectivity index is 0.00000289. The summed E-state index contributed by atoms with van der Waals surface area (Å²) in [4.78, 5) is 24.4. The maximum Gasteiger partial charge on any atom is 0.289 e. The van der Waals surface area contributed by atoms with Crippen LogP contribution in [0.2, 0.25) is 0 Å². The molecule has 1 aromatic heterocycles. The normalized spacial score (nSPS) is 9.50. The molecule has 0 aliphatic carbocycles. The highest BCUT2D eigenvalue weighted by Gasteiger charge is 2.17. The van der Waals surface area contributed by atoms with E-state index in [1.54, 1.807) is 12.1 Å². The highest BCUT2D eigenvalue weighted by atomic mass is 79.9. The number of carbonyl (C=O) groups excluding carboxylic acids is 2. The van der Waals surface area contributed by atoms with Crippen LogP contribution in [0.1, 0.15) is 10.6 Å². The minimum absolute atomic E-state index is 0. The Morgan fingerprint density at radius 1 is 1.50 bits per heavy atom. The number of hydrogen-bond acceptors (Lipinski definition) is 4. The van der Waals surface area contributed by atoms with Crippen LogP contribution in [0.3, 0.4) is 0 Å². The lowest BCUT2D eigenvalue weighted by Crippen LogP contribution is -2.39. The third-order valence-corrected chi connectivity index (χ3v) is 2.40. The molecule has 2 amide bonds. The Bertz CT molecular complexity index is 411. The van der Waals surface area contributed by atoms with Gasteiger partial charge in [0.2, 0.25) is 5.91 Å². The molecule has 0 fully saturated rings. The van der Waals surface area contributed by atoms with Crippen LogP contribution in [0.25, 0.3) is 0 Å². The number of hydrogen-bond donors (Lipinski definition) is 2. The molecule has 6 nitrogen and oxygen atoms in total. The average molecular weight is 341 g/mol. The Kier molecular flexibility index (Phi) is 7.65. The molecule has 18 heavy (non-hydrogen) atoms. The number of halogens is 2. The summed E-state index contributed by atoms with van der Waals surface area (Å²) in [5.74, 6) is -0.415. The van der Waals surface area contributed by atoms with Gasteiger partial charge < -0.3 is 20.4 Å². The highest BCUT2D eigenvalue weighted by Crippen LogP contribution is 2.15. The van der Waals surface area contributed by atoms with Gasteiger partial charge in [-0.1, -0.05) is 0 Å². The molecule has 3 N–H and O–H groups in total. The summed E-state index contributed by atoms with van der Waals surface area (Å²) >= 11 is 3.10. The van der Waals surface area contributed by atoms with Crippen molar-refractivity contribution in [2.45, 2.75) is 0 Å². The lowest BCUT2D eigenvalue weighted by atomic mass is 10.4. The monoisotopic (exact) mass is 339 g/mol. The van der Waals surface area contributed by atoms with Crippen LogP contribution in [-0.4, -0.2) is 43.4 Å². The molecular weight excluding hydrogens is 325 g/mol. The summed E-state index contributed by atoms with van der Waals surface area (Å²) in [7, 11) is 1.53. The fraction of sp³-hybridized carbons (Fsp3) is 0.400. The highest BCUT2D eigenvalue weighted by molar-refractivity contribution is 9.10. The molecule has 0 saturated carbocycles. The molecule has 0 saturated heterocycles. The topological polar surface area (TPSA) is 88.6 Å². The Hall–Kier alpha value is -1.05. The van der Waals surface area contributed by atoms with Crippen LogP contribution in [0.5, 0.6) is 0 Å². The smallest absolute Gasteiger partial charge is 0.289 e. The fourth-order valence-corrected chi connectivity index (χ4v) is 1.48. The summed E-state index contributed by atoms with van der Waals surface area (Å²) in [5, 5.41) is 2.58. The first-order valence-electron chi connectivity index (χ1n) is 5.02. The Morgan fingerprint density at radius 3 is 2.67 bits per heavy atom. The van der Waals surface area contributed by atoms with Crippen LogP contribution in [0.15, 0.2) is 21.2 Å². The number of furan rings is 1. The second-order valence-corrected chi connectivity index (χ2v) is 4.19. The molecule has 1 heterocycles. The molecule has 0 radical (unpaired) electrons. The van der Waals surface area contributed by atoms with Gasteiger partial charge in [0.1, 0.15) is 0 Å². The number of nitrogens with one attached hydrogen (secondary N) is 1. The van der Waals surface area contributed by atoms with Gasteiger partial charge in [-0.25, -0.2) is 0 Å². The van der Waals surface area contributed by atoms with Gasteiger partial charge in [0.25, 0.3) is 5.91 Å². The standard InChI is InChI=1S/C10H14BrN3O3.ClH/c1-14(6-9(15)13-5-4-12)10(16)7-2-3-8(11)17-7;/h2-3H,4-6,12H2,1H3,(H,13,15);1H. The number of carbonyl (C=O) groups is 2. The Labute approximate surface area is 119 Å². The van der Waals surface area contributed by atoms with Gasteiger partial charge in [0.15, 0.2) is 10.4 Å². The van der Waals surface area contributed by atoms with Gasteiger partial charge in [-0.05, 0) is 28.1 Å². The minimum atomic E-state index is -0.349. The minimum Gasteiger partial charge on any atom is -0.444 e. The molecule has 1 aromatic rings. The van der Waals surface area contributed by atoms with Crippen molar-refractivity contribution in [1.82, 2.24) is 10.2 Å². The largest absolute Gasteiger partial charge is 0.444 e. The van der Waals surface area contributed by atoms with Crippen molar-refractivity contribution in [2.75, 3.05) is 26.7 Å². The van der Waals surface area contributed by atoms with Crippen LogP contribution < -0.4 is 11.1 Å². The molecule has 102 valence electrons. The summed E-state index contributed by atoms with van der Waals surface area (Å²) in [6, 6.07) is 3.16. The first-order chi connectivity index (χ1) is 8.04. The Morgan fingerprint density at radius 2 is 2.17 bits per heavy atom. The zero-order valence-electron chi connectivity index (χ0n) is 9.81. The van der Waals surface area contributed by atoms with Gasteiger partial charge in [-0.3, -0.25) is 9.59 Å². The molecule has 0 spiro atoms. The quantitative estimate of drug-likeness (QED) is 0.822. The molecule has 8 heteroatoms. The van der Waals surface area contributed by atoms with Gasteiger partial charge in [0.05, 0.1) is 6.54 Å². The van der Waals surface area contributed by atoms with E-state index < -0.39 is 0 Å². The van der Waals surface area contributed by atoms with Crippen LogP contribution >= 0.6 is 28.3 Å². The predicted octanol–water partition coefficient (Wildman–Crippen LogP) is 0.611. The third-order valence-electron chi connectivity index (χ3n) is 1.98. The van der Waals surface area contributed by atoms with Crippen LogP contribution in [0, 0.1) is 0 Å². The molecule has 0 bridgehead atoms. The molecule has 0 aliphatic heterocycles. The number of nitrogens with two attached hydrogens (primary N) is 1. The number of rotatable bonds is 5. The number of nitrogens with zero attached hydrogens (tertiary/aromatic N) is 1. The SMILES string of the molecule is CN(CC(=O)NCCN)C(=O)c1ccc(Br)o1.Cl. The molecular formula is C10H15BrClN3O3. The molecule has 0 unspecified atom stereocenters. The van der Waals surface area contributed by atoms with E-state index in [-0.39, 0.29) is 36.5 Å². The summed E-state index contributed by atoms with van der Waals surface area (Å²) < 4.78 is 5.58. The van der Waals surface area contributed by atoms with E-state index in [2.05, 4.69) is 21.2 Å². The van der Waals surface area contributed by atoms with Crippen molar-refractivity contribution >= 4 is 40.2 Å². The van der Waals surface area contributed by atoms with E-state index in [4.69, 9.17) is 10.2 Å². The van der Waals surface area contributed by atoms with E-state index in [1.807, 2.05) is 0 Å². The zero-order chi connectivity index (χ0) is 12.8. The predicted molar refractivity (Wildman–Crippen MR) is 72.7 cm³/mol. The molecule has 0 atom stereocenters. The summed E-state index contributed by atoms with van der Waals surface area (Å²) in [6.45, 7) is 0.735. The lowest BCUT2D eigenvalue weighted by molar-refractivity contribution is -0.121. The maximum atomic E-state index is 11.8. The van der Waals surface area contributed by atoms with E-state index >= 15 is 0 Å². The molecule has 0 aliphatic rings. The first-order valence-corrected chi connectivity index (χ1v) is 5.81. The van der Waals surface area contributed by atoms with Crippen LogP contribution in [0.4, 0.5) is 0 Å². The second-order valence-electron chi connectivity index (χ2n) is 3.40. The van der Waals surface area contributed by atoms with Crippen molar-refractivity contribution in [1.29, 1.82) is 0 Å².